The van der Waals surface area contributed by atoms with Gasteiger partial charge < -0.3 is 0 Å². The van der Waals surface area contributed by atoms with Crippen LogP contribution in [0.25, 0.3) is 0 Å². The fourth-order valence-electron chi connectivity index (χ4n) is 3.69. The van der Waals surface area contributed by atoms with Crippen LogP contribution in [0.15, 0.2) is 36.2 Å². The summed E-state index contributed by atoms with van der Waals surface area (Å²) in [7, 11) is 0. The standard InChI is InChI=1S/C18H27N/c1-3-12-18(13-4-2,16-9-6-5-7-10-16)17-11-8-14-19-15-17/h8-9,11,14-15H,3-7,10,12-13H2,1-2H3. The molecule has 1 heteroatoms. The molecule has 0 atom stereocenters. The first-order chi connectivity index (χ1) is 9.33. The number of rotatable bonds is 6. The maximum absolute atomic E-state index is 4.38. The Balaban J connectivity index is 2.43. The van der Waals surface area contributed by atoms with Gasteiger partial charge in [-0.1, -0.05) is 44.4 Å². The summed E-state index contributed by atoms with van der Waals surface area (Å²) in [6.45, 7) is 4.62. The summed E-state index contributed by atoms with van der Waals surface area (Å²) in [5, 5.41) is 0. The Morgan fingerprint density at radius 1 is 1.16 bits per heavy atom. The molecule has 0 radical (unpaired) electrons. The van der Waals surface area contributed by atoms with Gasteiger partial charge in [-0.25, -0.2) is 0 Å². The van der Waals surface area contributed by atoms with Crippen LogP contribution < -0.4 is 0 Å². The Bertz CT molecular complexity index is 399. The van der Waals surface area contributed by atoms with Gasteiger partial charge in [0.2, 0.25) is 0 Å². The third kappa shape index (κ3) is 3.08. The van der Waals surface area contributed by atoms with Gasteiger partial charge in [-0.15, -0.1) is 0 Å². The van der Waals surface area contributed by atoms with Crippen LogP contribution >= 0.6 is 0 Å². The van der Waals surface area contributed by atoms with Crippen LogP contribution in [0, 0.1) is 0 Å². The quantitative estimate of drug-likeness (QED) is 0.620. The van der Waals surface area contributed by atoms with Gasteiger partial charge in [0.05, 0.1) is 0 Å². The highest BCUT2D eigenvalue weighted by Gasteiger charge is 2.34. The summed E-state index contributed by atoms with van der Waals surface area (Å²) in [5.41, 5.74) is 3.39. The average molecular weight is 257 g/mol. The molecule has 2 rings (SSSR count). The summed E-state index contributed by atoms with van der Waals surface area (Å²) in [4.78, 5) is 4.38. The van der Waals surface area contributed by atoms with E-state index in [0.29, 0.717) is 0 Å². The zero-order valence-electron chi connectivity index (χ0n) is 12.5. The SMILES string of the molecule is CCCC(CCC)(C1=CCCCC1)c1cccnc1. The zero-order chi connectivity index (χ0) is 13.6. The van der Waals surface area contributed by atoms with Gasteiger partial charge in [0.25, 0.3) is 0 Å². The van der Waals surface area contributed by atoms with Crippen molar-refractivity contribution < 1.29 is 0 Å². The maximum Gasteiger partial charge on any atom is 0.0308 e. The molecule has 1 aromatic heterocycles. The molecule has 1 nitrogen and oxygen atoms in total. The van der Waals surface area contributed by atoms with E-state index in [1.807, 2.05) is 6.20 Å². The van der Waals surface area contributed by atoms with Gasteiger partial charge in [-0.2, -0.15) is 0 Å². The van der Waals surface area contributed by atoms with E-state index in [9.17, 15) is 0 Å². The Labute approximate surface area is 118 Å². The Morgan fingerprint density at radius 3 is 2.47 bits per heavy atom. The number of aromatic nitrogens is 1. The average Bonchev–Trinajstić information content (AvgIpc) is 2.49. The molecule has 0 N–H and O–H groups in total. The summed E-state index contributed by atoms with van der Waals surface area (Å²) in [6, 6.07) is 4.38. The number of hydrogen-bond donors (Lipinski definition) is 0. The van der Waals surface area contributed by atoms with Crippen LogP contribution in [0.1, 0.15) is 70.8 Å². The number of pyridine rings is 1. The van der Waals surface area contributed by atoms with E-state index in [0.717, 1.165) is 0 Å². The van der Waals surface area contributed by atoms with Crippen molar-refractivity contribution in [3.63, 3.8) is 0 Å². The molecule has 0 spiro atoms. The van der Waals surface area contributed by atoms with Crippen LogP contribution in [0.5, 0.6) is 0 Å². The van der Waals surface area contributed by atoms with Crippen molar-refractivity contribution in [2.45, 2.75) is 70.6 Å². The van der Waals surface area contributed by atoms with Crippen molar-refractivity contribution >= 4 is 0 Å². The van der Waals surface area contributed by atoms with Crippen molar-refractivity contribution in [3.8, 4) is 0 Å². The monoisotopic (exact) mass is 257 g/mol. The van der Waals surface area contributed by atoms with Gasteiger partial charge >= 0.3 is 0 Å². The summed E-state index contributed by atoms with van der Waals surface area (Å²) in [5.74, 6) is 0. The number of hydrogen-bond acceptors (Lipinski definition) is 1. The highest BCUT2D eigenvalue weighted by atomic mass is 14.6. The van der Waals surface area contributed by atoms with Crippen molar-refractivity contribution in [1.29, 1.82) is 0 Å². The van der Waals surface area contributed by atoms with Crippen LogP contribution in [0.4, 0.5) is 0 Å². The molecule has 0 aromatic carbocycles. The van der Waals surface area contributed by atoms with Gasteiger partial charge in [0.1, 0.15) is 0 Å². The molecule has 0 amide bonds. The van der Waals surface area contributed by atoms with Gasteiger partial charge in [-0.3, -0.25) is 4.98 Å². The van der Waals surface area contributed by atoms with E-state index in [1.165, 1.54) is 56.9 Å². The topological polar surface area (TPSA) is 12.9 Å². The van der Waals surface area contributed by atoms with Crippen molar-refractivity contribution in [3.05, 3.63) is 41.7 Å². The lowest BCUT2D eigenvalue weighted by Gasteiger charge is -2.38. The van der Waals surface area contributed by atoms with E-state index in [1.54, 1.807) is 5.57 Å². The number of nitrogens with zero attached hydrogens (tertiary/aromatic N) is 1. The second kappa shape index (κ2) is 6.88. The van der Waals surface area contributed by atoms with Gasteiger partial charge in [0, 0.05) is 17.8 Å². The molecule has 1 aromatic rings. The van der Waals surface area contributed by atoms with E-state index in [4.69, 9.17) is 0 Å². The van der Waals surface area contributed by atoms with Crippen LogP contribution in [-0.4, -0.2) is 4.98 Å². The molecular formula is C18H27N. The van der Waals surface area contributed by atoms with E-state index in [-0.39, 0.29) is 5.41 Å². The first kappa shape index (κ1) is 14.3. The fraction of sp³-hybridized carbons (Fsp3) is 0.611. The minimum atomic E-state index is 0.262. The van der Waals surface area contributed by atoms with Crippen LogP contribution in [0.3, 0.4) is 0 Å². The van der Waals surface area contributed by atoms with Gasteiger partial charge in [0.15, 0.2) is 0 Å². The normalized spacial score (nSPS) is 16.2. The third-order valence-corrected chi connectivity index (χ3v) is 4.47. The van der Waals surface area contributed by atoms with Gasteiger partial charge in [-0.05, 0) is 50.2 Å². The highest BCUT2D eigenvalue weighted by Crippen LogP contribution is 2.44. The van der Waals surface area contributed by atoms with Crippen LogP contribution in [0.2, 0.25) is 0 Å². The highest BCUT2D eigenvalue weighted by molar-refractivity contribution is 5.35. The lowest BCUT2D eigenvalue weighted by atomic mass is 9.66. The number of allylic oxidation sites excluding steroid dienone is 2. The van der Waals surface area contributed by atoms with E-state index in [2.05, 4.69) is 43.2 Å². The molecule has 19 heavy (non-hydrogen) atoms. The molecule has 1 aliphatic carbocycles. The smallest absolute Gasteiger partial charge is 0.0308 e. The van der Waals surface area contributed by atoms with E-state index < -0.39 is 0 Å². The summed E-state index contributed by atoms with van der Waals surface area (Å²) in [6.07, 6.45) is 16.8. The lowest BCUT2D eigenvalue weighted by Crippen LogP contribution is -2.30. The molecule has 1 aliphatic rings. The Hall–Kier alpha value is -1.11. The summed E-state index contributed by atoms with van der Waals surface area (Å²) >= 11 is 0. The lowest BCUT2D eigenvalue weighted by molar-refractivity contribution is 0.393. The first-order valence-corrected chi connectivity index (χ1v) is 7.93. The first-order valence-electron chi connectivity index (χ1n) is 7.93. The van der Waals surface area contributed by atoms with Crippen molar-refractivity contribution in [2.24, 2.45) is 0 Å². The van der Waals surface area contributed by atoms with Crippen molar-refractivity contribution in [2.75, 3.05) is 0 Å². The maximum atomic E-state index is 4.38. The van der Waals surface area contributed by atoms with Crippen molar-refractivity contribution in [1.82, 2.24) is 4.98 Å². The Morgan fingerprint density at radius 2 is 1.95 bits per heavy atom. The minimum Gasteiger partial charge on any atom is -0.264 e. The zero-order valence-corrected chi connectivity index (χ0v) is 12.5. The molecule has 0 aliphatic heterocycles. The summed E-state index contributed by atoms with van der Waals surface area (Å²) < 4.78 is 0. The molecule has 0 fully saturated rings. The van der Waals surface area contributed by atoms with E-state index >= 15 is 0 Å². The fourth-order valence-corrected chi connectivity index (χ4v) is 3.69. The largest absolute Gasteiger partial charge is 0.264 e. The Kier molecular flexibility index (Phi) is 5.18. The molecule has 0 unspecified atom stereocenters. The minimum absolute atomic E-state index is 0.262. The molecule has 0 bridgehead atoms. The third-order valence-electron chi connectivity index (χ3n) is 4.47. The molecule has 104 valence electrons. The van der Waals surface area contributed by atoms with Crippen LogP contribution in [-0.2, 0) is 5.41 Å². The molecular weight excluding hydrogens is 230 g/mol. The molecule has 0 saturated heterocycles. The second-order valence-corrected chi connectivity index (χ2v) is 5.80. The predicted octanol–water partition coefficient (Wildman–Crippen LogP) is 5.42. The predicted molar refractivity (Wildman–Crippen MR) is 82.3 cm³/mol. The molecule has 0 saturated carbocycles. The molecule has 1 heterocycles. The second-order valence-electron chi connectivity index (χ2n) is 5.80.